The van der Waals surface area contributed by atoms with Crippen LogP contribution in [0.4, 0.5) is 0 Å². The molecule has 0 N–H and O–H groups in total. The van der Waals surface area contributed by atoms with E-state index in [2.05, 4.69) is 9.88 Å². The van der Waals surface area contributed by atoms with Crippen molar-refractivity contribution in [1.29, 1.82) is 0 Å². The fraction of sp³-hybridized carbons (Fsp3) is 0.185. The second kappa shape index (κ2) is 10.0. The molecule has 0 atom stereocenters. The lowest BCUT2D eigenvalue weighted by Gasteiger charge is -2.13. The Morgan fingerprint density at radius 3 is 2.53 bits per heavy atom. The third-order valence-electron chi connectivity index (χ3n) is 5.51. The van der Waals surface area contributed by atoms with Crippen LogP contribution in [0, 0.1) is 0 Å². The number of aromatic nitrogens is 3. The number of carbonyl (C=O) groups is 2. The maximum Gasteiger partial charge on any atom is 0.336 e. The molecule has 0 unspecified atom stereocenters. The molecule has 0 saturated heterocycles. The number of nitrogens with zero attached hydrogens (tertiary/aromatic N) is 4. The zero-order valence-corrected chi connectivity index (χ0v) is 19.9. The van der Waals surface area contributed by atoms with Crippen LogP contribution in [0.3, 0.4) is 0 Å². The summed E-state index contributed by atoms with van der Waals surface area (Å²) in [5.74, 6) is -0.557. The summed E-state index contributed by atoms with van der Waals surface area (Å²) in [6, 6.07) is 17.0. The summed E-state index contributed by atoms with van der Waals surface area (Å²) in [4.78, 5) is 31.0. The molecule has 1 aliphatic rings. The van der Waals surface area contributed by atoms with E-state index in [9.17, 15) is 9.59 Å². The molecule has 0 radical (unpaired) electrons. The summed E-state index contributed by atoms with van der Waals surface area (Å²) >= 11 is 0. The van der Waals surface area contributed by atoms with Gasteiger partial charge in [-0.1, -0.05) is 36.4 Å². The molecule has 2 aromatic heterocycles. The highest BCUT2D eigenvalue weighted by molar-refractivity contribution is 6.03. The van der Waals surface area contributed by atoms with Crippen LogP contribution in [0.2, 0.25) is 0 Å². The van der Waals surface area contributed by atoms with Crippen LogP contribution in [-0.4, -0.2) is 58.8 Å². The number of pyridine rings is 1. The summed E-state index contributed by atoms with van der Waals surface area (Å²) < 4.78 is 18.6. The number of hydrogen-bond acceptors (Lipinski definition) is 8. The zero-order valence-electron chi connectivity index (χ0n) is 19.9. The Labute approximate surface area is 207 Å². The van der Waals surface area contributed by atoms with Crippen molar-refractivity contribution in [3.63, 3.8) is 0 Å². The first-order valence-corrected chi connectivity index (χ1v) is 11.5. The van der Waals surface area contributed by atoms with Crippen molar-refractivity contribution < 1.29 is 23.8 Å². The number of esters is 2. The first kappa shape index (κ1) is 23.3. The molecule has 5 rings (SSSR count). The first-order chi connectivity index (χ1) is 17.5. The van der Waals surface area contributed by atoms with Gasteiger partial charge in [-0.3, -0.25) is 0 Å². The van der Waals surface area contributed by atoms with Crippen molar-refractivity contribution in [3.05, 3.63) is 72.9 Å². The lowest BCUT2D eigenvalue weighted by atomic mass is 10.1. The smallest absolute Gasteiger partial charge is 0.336 e. The van der Waals surface area contributed by atoms with Gasteiger partial charge < -0.3 is 19.1 Å². The van der Waals surface area contributed by atoms with Crippen LogP contribution in [-0.2, 0) is 9.59 Å². The average molecular weight is 485 g/mol. The number of fused-ring (bicyclic) bond motifs is 3. The van der Waals surface area contributed by atoms with Gasteiger partial charge in [0.15, 0.2) is 17.1 Å². The van der Waals surface area contributed by atoms with Gasteiger partial charge in [0.1, 0.15) is 11.4 Å². The minimum atomic E-state index is -0.694. The molecule has 182 valence electrons. The second-order valence-electron chi connectivity index (χ2n) is 8.45. The van der Waals surface area contributed by atoms with Crippen molar-refractivity contribution in [2.45, 2.75) is 6.42 Å². The Balaban J connectivity index is 1.63. The Morgan fingerprint density at radius 1 is 0.972 bits per heavy atom. The summed E-state index contributed by atoms with van der Waals surface area (Å²) in [6.07, 6.45) is 4.30. The summed E-state index contributed by atoms with van der Waals surface area (Å²) in [5, 5.41) is 5.29. The van der Waals surface area contributed by atoms with E-state index >= 15 is 0 Å². The molecular weight excluding hydrogens is 460 g/mol. The minimum Gasteiger partial charge on any atom is -0.493 e. The van der Waals surface area contributed by atoms with Gasteiger partial charge in [0.05, 0.1) is 23.9 Å². The predicted molar refractivity (Wildman–Crippen MR) is 133 cm³/mol. The third-order valence-corrected chi connectivity index (χ3v) is 5.51. The summed E-state index contributed by atoms with van der Waals surface area (Å²) in [5.41, 5.74) is 2.47. The van der Waals surface area contributed by atoms with E-state index in [4.69, 9.17) is 19.3 Å². The van der Waals surface area contributed by atoms with E-state index in [-0.39, 0.29) is 11.5 Å². The number of hydrogen-bond donors (Lipinski definition) is 0. The molecule has 1 aliphatic heterocycles. The molecule has 0 amide bonds. The number of ether oxygens (including phenoxy) is 3. The highest BCUT2D eigenvalue weighted by atomic mass is 16.6. The van der Waals surface area contributed by atoms with E-state index in [1.54, 1.807) is 4.68 Å². The molecule has 9 nitrogen and oxygen atoms in total. The van der Waals surface area contributed by atoms with Crippen molar-refractivity contribution in [1.82, 2.24) is 19.7 Å². The molecule has 3 heterocycles. The quantitative estimate of drug-likeness (QED) is 0.289. The molecular formula is C27H24N4O5. The predicted octanol–water partition coefficient (Wildman–Crippen LogP) is 3.80. The fourth-order valence-electron chi connectivity index (χ4n) is 3.88. The van der Waals surface area contributed by atoms with E-state index in [1.165, 1.54) is 6.20 Å². The van der Waals surface area contributed by atoms with Crippen LogP contribution in [0.25, 0.3) is 28.0 Å². The van der Waals surface area contributed by atoms with Gasteiger partial charge in [0.25, 0.3) is 0 Å². The van der Waals surface area contributed by atoms with Gasteiger partial charge in [-0.05, 0) is 32.6 Å². The Hall–Kier alpha value is -4.50. The second-order valence-corrected chi connectivity index (χ2v) is 8.45. The van der Waals surface area contributed by atoms with Crippen LogP contribution in [0.1, 0.15) is 6.42 Å². The lowest BCUT2D eigenvalue weighted by molar-refractivity contribution is -0.133. The third kappa shape index (κ3) is 4.82. The summed E-state index contributed by atoms with van der Waals surface area (Å²) in [7, 11) is 4.05. The van der Waals surface area contributed by atoms with Gasteiger partial charge in [0, 0.05) is 30.3 Å². The van der Waals surface area contributed by atoms with Crippen molar-refractivity contribution in [3.8, 4) is 34.2 Å². The van der Waals surface area contributed by atoms with Crippen molar-refractivity contribution in [2.24, 2.45) is 0 Å². The number of carbonyl (C=O) groups excluding carboxylic acids is 2. The van der Waals surface area contributed by atoms with Crippen LogP contribution in [0.15, 0.2) is 72.9 Å². The zero-order chi connectivity index (χ0) is 25.1. The van der Waals surface area contributed by atoms with E-state index in [0.29, 0.717) is 34.8 Å². The molecule has 0 saturated carbocycles. The fourth-order valence-corrected chi connectivity index (χ4v) is 3.88. The van der Waals surface area contributed by atoms with Gasteiger partial charge >= 0.3 is 11.9 Å². The van der Waals surface area contributed by atoms with Crippen LogP contribution >= 0.6 is 0 Å². The van der Waals surface area contributed by atoms with Gasteiger partial charge in [0.2, 0.25) is 0 Å². The van der Waals surface area contributed by atoms with E-state index in [1.807, 2.05) is 68.7 Å². The van der Waals surface area contributed by atoms with Gasteiger partial charge in [-0.25, -0.2) is 19.3 Å². The molecule has 0 bridgehead atoms. The number of rotatable bonds is 7. The van der Waals surface area contributed by atoms with Crippen LogP contribution in [0.5, 0.6) is 17.2 Å². The normalized spacial score (nSPS) is 14.1. The van der Waals surface area contributed by atoms with Gasteiger partial charge in [-0.2, -0.15) is 5.10 Å². The topological polar surface area (TPSA) is 95.8 Å². The molecule has 4 aromatic rings. The molecule has 0 spiro atoms. The number of benzene rings is 2. The lowest BCUT2D eigenvalue weighted by Crippen LogP contribution is -2.15. The SMILES string of the molecule is CN(C)CCCOc1cccc(-n2nc(-c3ccccc3)c3c4c(cnc32)OC(=O)/C=C\C(=O)O4)c1. The maximum atomic E-state index is 12.3. The van der Waals surface area contributed by atoms with Crippen LogP contribution < -0.4 is 14.2 Å². The standard InChI is InChI=1S/C27H24N4O5/c1-30(2)14-7-15-34-20-11-6-10-19(16-20)31-27-24(25(29-31)18-8-4-3-5-9-18)26-21(17-28-27)35-22(32)12-13-23(33)36-26/h3-6,8-13,16-17H,7,14-15H2,1-2H3/b13-12-. The maximum absolute atomic E-state index is 12.3. The first-order valence-electron chi connectivity index (χ1n) is 11.5. The molecule has 2 aromatic carbocycles. The van der Waals surface area contributed by atoms with Crippen molar-refractivity contribution >= 4 is 23.0 Å². The van der Waals surface area contributed by atoms with E-state index < -0.39 is 11.9 Å². The largest absolute Gasteiger partial charge is 0.493 e. The minimum absolute atomic E-state index is 0.0416. The van der Waals surface area contributed by atoms with Crippen molar-refractivity contribution in [2.75, 3.05) is 27.2 Å². The monoisotopic (exact) mass is 484 g/mol. The molecule has 0 aliphatic carbocycles. The molecule has 9 heteroatoms. The van der Waals surface area contributed by atoms with Gasteiger partial charge in [-0.15, -0.1) is 0 Å². The summed E-state index contributed by atoms with van der Waals surface area (Å²) in [6.45, 7) is 1.51. The molecule has 0 fully saturated rings. The van der Waals surface area contributed by atoms with E-state index in [0.717, 1.165) is 30.7 Å². The highest BCUT2D eigenvalue weighted by Gasteiger charge is 2.26. The molecule has 36 heavy (non-hydrogen) atoms. The Morgan fingerprint density at radius 2 is 1.75 bits per heavy atom. The highest BCUT2D eigenvalue weighted by Crippen LogP contribution is 2.41. The average Bonchev–Trinajstić information content (AvgIpc) is 3.26. The Kier molecular flexibility index (Phi) is 6.46. The Bertz CT molecular complexity index is 1460.